The third-order valence-electron chi connectivity index (χ3n) is 4.78. The quantitative estimate of drug-likeness (QED) is 0.337. The number of amides is 1. The van der Waals surface area contributed by atoms with Crippen molar-refractivity contribution in [1.82, 2.24) is 0 Å². The highest BCUT2D eigenvalue weighted by Gasteiger charge is 2.47. The average Bonchev–Trinajstić information content (AvgIpc) is 2.99. The summed E-state index contributed by atoms with van der Waals surface area (Å²) in [6, 6.07) is 20.1. The number of hydrogen-bond donors (Lipinski definition) is 1. The van der Waals surface area contributed by atoms with E-state index in [9.17, 15) is 19.1 Å². The van der Waals surface area contributed by atoms with Crippen molar-refractivity contribution in [3.05, 3.63) is 106 Å². The highest BCUT2D eigenvalue weighted by molar-refractivity contribution is 9.10. The van der Waals surface area contributed by atoms with E-state index in [2.05, 4.69) is 15.9 Å². The number of aliphatic hydroxyl groups is 1. The minimum absolute atomic E-state index is 0.129. The summed E-state index contributed by atoms with van der Waals surface area (Å²) in [5, 5.41) is 10.9. The fraction of sp³-hybridized carbons (Fsp3) is 0.0435. The Morgan fingerprint density at radius 1 is 0.931 bits per heavy atom. The van der Waals surface area contributed by atoms with Gasteiger partial charge in [0.2, 0.25) is 0 Å². The van der Waals surface area contributed by atoms with E-state index in [-0.39, 0.29) is 16.9 Å². The number of carbonyl (C=O) groups is 2. The van der Waals surface area contributed by atoms with Gasteiger partial charge in [0.1, 0.15) is 11.6 Å². The Kier molecular flexibility index (Phi) is 5.03. The lowest BCUT2D eigenvalue weighted by molar-refractivity contribution is -0.132. The van der Waals surface area contributed by atoms with Crippen molar-refractivity contribution in [2.45, 2.75) is 6.04 Å². The number of benzene rings is 3. The first kappa shape index (κ1) is 19.1. The van der Waals surface area contributed by atoms with Crippen LogP contribution in [0.15, 0.2) is 88.9 Å². The molecule has 3 aromatic rings. The molecule has 0 radical (unpaired) electrons. The number of nitrogens with zero attached hydrogens (tertiary/aromatic N) is 1. The van der Waals surface area contributed by atoms with E-state index in [1.165, 1.54) is 23.1 Å². The molecule has 1 aliphatic heterocycles. The minimum atomic E-state index is -1.09. The highest BCUT2D eigenvalue weighted by Crippen LogP contribution is 2.43. The standard InChI is InChI=1S/C23H15BrFNO3/c24-15-9-6-10-16(13-15)26-20(17-11-4-5-12-18(17)25)19(22(28)23(26)29)21(27)14-7-2-1-3-8-14/h1-13,20,27H/t20-/m1/s1. The summed E-state index contributed by atoms with van der Waals surface area (Å²) in [6.45, 7) is 0. The van der Waals surface area contributed by atoms with Crippen LogP contribution in [-0.2, 0) is 9.59 Å². The summed E-state index contributed by atoms with van der Waals surface area (Å²) in [5.41, 5.74) is 0.776. The molecule has 0 aliphatic carbocycles. The second-order valence-corrected chi connectivity index (χ2v) is 7.45. The van der Waals surface area contributed by atoms with E-state index in [0.717, 1.165) is 0 Å². The first-order valence-corrected chi connectivity index (χ1v) is 9.64. The third-order valence-corrected chi connectivity index (χ3v) is 5.27. The van der Waals surface area contributed by atoms with E-state index in [1.54, 1.807) is 60.7 Å². The molecule has 1 fully saturated rings. The van der Waals surface area contributed by atoms with Crippen molar-refractivity contribution >= 4 is 39.1 Å². The molecule has 1 heterocycles. The van der Waals surface area contributed by atoms with Gasteiger partial charge in [-0.15, -0.1) is 0 Å². The van der Waals surface area contributed by atoms with Gasteiger partial charge in [0.15, 0.2) is 0 Å². The number of Topliss-reactive ketones (excluding diaryl/α,β-unsaturated/α-hetero) is 1. The molecule has 144 valence electrons. The topological polar surface area (TPSA) is 57.6 Å². The van der Waals surface area contributed by atoms with Gasteiger partial charge in [-0.05, 0) is 24.3 Å². The number of aliphatic hydroxyl groups excluding tert-OH is 1. The van der Waals surface area contributed by atoms with Gasteiger partial charge in [-0.25, -0.2) is 4.39 Å². The Labute approximate surface area is 175 Å². The molecule has 1 saturated heterocycles. The molecule has 0 unspecified atom stereocenters. The van der Waals surface area contributed by atoms with Crippen LogP contribution in [0.4, 0.5) is 10.1 Å². The van der Waals surface area contributed by atoms with Gasteiger partial charge in [0.25, 0.3) is 11.7 Å². The molecule has 6 heteroatoms. The maximum Gasteiger partial charge on any atom is 0.300 e. The van der Waals surface area contributed by atoms with Crippen LogP contribution in [-0.4, -0.2) is 16.8 Å². The zero-order valence-corrected chi connectivity index (χ0v) is 16.6. The van der Waals surface area contributed by atoms with E-state index >= 15 is 0 Å². The van der Waals surface area contributed by atoms with Crippen LogP contribution < -0.4 is 4.90 Å². The Hall–Kier alpha value is -3.25. The monoisotopic (exact) mass is 451 g/mol. The van der Waals surface area contributed by atoms with E-state index in [4.69, 9.17) is 0 Å². The number of halogens is 2. The van der Waals surface area contributed by atoms with Gasteiger partial charge in [0, 0.05) is 21.3 Å². The number of ketones is 1. The predicted molar refractivity (Wildman–Crippen MR) is 112 cm³/mol. The van der Waals surface area contributed by atoms with Crippen molar-refractivity contribution < 1.29 is 19.1 Å². The SMILES string of the molecule is O=C1C(=O)N(c2cccc(Br)c2)[C@H](c2ccccc2F)C1=C(O)c1ccccc1. The molecular formula is C23H15BrFNO3. The van der Waals surface area contributed by atoms with Gasteiger partial charge in [-0.2, -0.15) is 0 Å². The Bertz CT molecular complexity index is 1140. The Morgan fingerprint density at radius 3 is 2.31 bits per heavy atom. The van der Waals surface area contributed by atoms with Crippen molar-refractivity contribution in [2.75, 3.05) is 4.90 Å². The smallest absolute Gasteiger partial charge is 0.300 e. The fourth-order valence-electron chi connectivity index (χ4n) is 3.47. The third kappa shape index (κ3) is 3.36. The number of anilines is 1. The fourth-order valence-corrected chi connectivity index (χ4v) is 3.85. The normalized spacial score (nSPS) is 18.3. The first-order valence-electron chi connectivity index (χ1n) is 8.85. The lowest BCUT2D eigenvalue weighted by Crippen LogP contribution is -2.29. The molecule has 0 aromatic heterocycles. The highest BCUT2D eigenvalue weighted by atomic mass is 79.9. The summed E-state index contributed by atoms with van der Waals surface area (Å²) in [4.78, 5) is 27.1. The second-order valence-electron chi connectivity index (χ2n) is 6.54. The first-order chi connectivity index (χ1) is 14.0. The molecule has 0 bridgehead atoms. The van der Waals surface area contributed by atoms with Crippen LogP contribution >= 0.6 is 15.9 Å². The summed E-state index contributed by atoms with van der Waals surface area (Å²) in [5.74, 6) is -2.60. The lowest BCUT2D eigenvalue weighted by atomic mass is 9.95. The molecule has 1 aliphatic rings. The van der Waals surface area contributed by atoms with Crippen molar-refractivity contribution in [2.24, 2.45) is 0 Å². The van der Waals surface area contributed by atoms with Crippen molar-refractivity contribution in [1.29, 1.82) is 0 Å². The van der Waals surface area contributed by atoms with Crippen molar-refractivity contribution in [3.8, 4) is 0 Å². The summed E-state index contributed by atoms with van der Waals surface area (Å²) < 4.78 is 15.4. The molecule has 1 amide bonds. The van der Waals surface area contributed by atoms with Gasteiger partial charge < -0.3 is 5.11 Å². The largest absolute Gasteiger partial charge is 0.507 e. The molecule has 4 nitrogen and oxygen atoms in total. The molecular weight excluding hydrogens is 437 g/mol. The van der Waals surface area contributed by atoms with Crippen LogP contribution in [0.25, 0.3) is 5.76 Å². The molecule has 3 aromatic carbocycles. The molecule has 0 spiro atoms. The van der Waals surface area contributed by atoms with Crippen LogP contribution in [0.5, 0.6) is 0 Å². The zero-order chi connectivity index (χ0) is 20.5. The van der Waals surface area contributed by atoms with E-state index < -0.39 is 23.5 Å². The van der Waals surface area contributed by atoms with Crippen LogP contribution in [0.1, 0.15) is 17.2 Å². The zero-order valence-electron chi connectivity index (χ0n) is 15.0. The molecule has 0 saturated carbocycles. The summed E-state index contributed by atoms with van der Waals surface area (Å²) in [6.07, 6.45) is 0. The van der Waals surface area contributed by atoms with Gasteiger partial charge in [0.05, 0.1) is 11.6 Å². The van der Waals surface area contributed by atoms with Gasteiger partial charge in [-0.1, -0.05) is 70.5 Å². The van der Waals surface area contributed by atoms with Crippen LogP contribution in [0, 0.1) is 5.82 Å². The van der Waals surface area contributed by atoms with Crippen LogP contribution in [0.2, 0.25) is 0 Å². The average molecular weight is 452 g/mol. The maximum absolute atomic E-state index is 14.7. The van der Waals surface area contributed by atoms with Crippen molar-refractivity contribution in [3.63, 3.8) is 0 Å². The van der Waals surface area contributed by atoms with Gasteiger partial charge in [-0.3, -0.25) is 14.5 Å². The Morgan fingerprint density at radius 2 is 1.62 bits per heavy atom. The number of hydrogen-bond acceptors (Lipinski definition) is 3. The number of carbonyl (C=O) groups excluding carboxylic acids is 2. The van der Waals surface area contributed by atoms with E-state index in [1.807, 2.05) is 0 Å². The summed E-state index contributed by atoms with van der Waals surface area (Å²) >= 11 is 3.36. The second kappa shape index (κ2) is 7.64. The Balaban J connectivity index is 1.99. The van der Waals surface area contributed by atoms with Gasteiger partial charge >= 0.3 is 0 Å². The van der Waals surface area contributed by atoms with E-state index in [0.29, 0.717) is 15.7 Å². The minimum Gasteiger partial charge on any atom is -0.507 e. The predicted octanol–water partition coefficient (Wildman–Crippen LogP) is 5.21. The molecule has 4 rings (SSSR count). The lowest BCUT2D eigenvalue weighted by Gasteiger charge is -2.25. The maximum atomic E-state index is 14.7. The number of rotatable bonds is 3. The van der Waals surface area contributed by atoms with Crippen LogP contribution in [0.3, 0.4) is 0 Å². The molecule has 1 atom stereocenters. The molecule has 29 heavy (non-hydrogen) atoms. The molecule has 1 N–H and O–H groups in total. The summed E-state index contributed by atoms with van der Waals surface area (Å²) in [7, 11) is 0.